The second-order valence-corrected chi connectivity index (χ2v) is 6.57. The van der Waals surface area contributed by atoms with E-state index in [9.17, 15) is 5.11 Å². The lowest BCUT2D eigenvalue weighted by molar-refractivity contribution is -0.0861. The van der Waals surface area contributed by atoms with Gasteiger partial charge >= 0.3 is 0 Å². The van der Waals surface area contributed by atoms with Gasteiger partial charge in [-0.05, 0) is 37.4 Å². The van der Waals surface area contributed by atoms with Gasteiger partial charge in [-0.2, -0.15) is 0 Å². The highest BCUT2D eigenvalue weighted by atomic mass is 35.5. The number of halogens is 2. The molecule has 2 aliphatic rings. The van der Waals surface area contributed by atoms with Gasteiger partial charge in [-0.3, -0.25) is 0 Å². The quantitative estimate of drug-likeness (QED) is 0.823. The van der Waals surface area contributed by atoms with Gasteiger partial charge in [0, 0.05) is 12.0 Å². The molecule has 3 atom stereocenters. The Hall–Kier alpha value is -0.280. The van der Waals surface area contributed by atoms with Crippen LogP contribution in [0.5, 0.6) is 0 Å². The fourth-order valence-corrected chi connectivity index (χ4v) is 4.14. The Balaban J connectivity index is 1.97. The lowest BCUT2D eigenvalue weighted by Crippen LogP contribution is -2.53. The fourth-order valence-electron chi connectivity index (χ4n) is 3.71. The first-order valence-electron chi connectivity index (χ1n) is 7.01. The Kier molecular flexibility index (Phi) is 3.78. The summed E-state index contributed by atoms with van der Waals surface area (Å²) in [4.78, 5) is 0. The molecule has 0 radical (unpaired) electrons. The average Bonchev–Trinajstić information content (AvgIpc) is 2.40. The molecule has 1 aliphatic heterocycles. The van der Waals surface area contributed by atoms with Crippen molar-refractivity contribution in [3.05, 3.63) is 33.8 Å². The summed E-state index contributed by atoms with van der Waals surface area (Å²) in [5.74, 6) is 0.242. The summed E-state index contributed by atoms with van der Waals surface area (Å²) in [5.41, 5.74) is 0.499. The third kappa shape index (κ3) is 2.40. The Bertz CT molecular complexity index is 475. The minimum atomic E-state index is -0.528. The highest BCUT2D eigenvalue weighted by Crippen LogP contribution is 2.47. The Morgan fingerprint density at radius 1 is 1.21 bits per heavy atom. The van der Waals surface area contributed by atoms with Gasteiger partial charge in [0.2, 0.25) is 0 Å². The van der Waals surface area contributed by atoms with Gasteiger partial charge in [-0.1, -0.05) is 48.2 Å². The minimum absolute atomic E-state index is 0.116. The van der Waals surface area contributed by atoms with Crippen molar-refractivity contribution in [2.24, 2.45) is 5.92 Å². The number of aliphatic hydroxyl groups is 1. The van der Waals surface area contributed by atoms with Crippen LogP contribution in [-0.2, 0) is 0 Å². The molecule has 0 unspecified atom stereocenters. The molecule has 0 aromatic heterocycles. The highest BCUT2D eigenvalue weighted by Gasteiger charge is 2.46. The van der Waals surface area contributed by atoms with Crippen LogP contribution in [0.2, 0.25) is 10.0 Å². The number of hydrogen-bond donors (Lipinski definition) is 2. The maximum Gasteiger partial charge on any atom is 0.0706 e. The second-order valence-electron chi connectivity index (χ2n) is 5.78. The lowest BCUT2D eigenvalue weighted by atomic mass is 9.67. The molecule has 0 bridgehead atoms. The van der Waals surface area contributed by atoms with E-state index in [0.29, 0.717) is 10.0 Å². The minimum Gasteiger partial charge on any atom is -0.389 e. The van der Waals surface area contributed by atoms with E-state index in [1.807, 2.05) is 18.2 Å². The summed E-state index contributed by atoms with van der Waals surface area (Å²) in [6.07, 6.45) is 5.11. The largest absolute Gasteiger partial charge is 0.389 e. The summed E-state index contributed by atoms with van der Waals surface area (Å²) >= 11 is 12.5. The first-order valence-corrected chi connectivity index (χ1v) is 7.77. The molecule has 0 spiro atoms. The van der Waals surface area contributed by atoms with Crippen molar-refractivity contribution in [2.45, 2.75) is 43.7 Å². The van der Waals surface area contributed by atoms with E-state index in [2.05, 4.69) is 5.32 Å². The van der Waals surface area contributed by atoms with E-state index in [-0.39, 0.29) is 12.0 Å². The van der Waals surface area contributed by atoms with E-state index in [1.165, 1.54) is 6.42 Å². The van der Waals surface area contributed by atoms with Crippen LogP contribution in [0.3, 0.4) is 0 Å². The van der Waals surface area contributed by atoms with Crippen LogP contribution in [0, 0.1) is 5.92 Å². The van der Waals surface area contributed by atoms with Gasteiger partial charge < -0.3 is 10.4 Å². The maximum absolute atomic E-state index is 10.9. The van der Waals surface area contributed by atoms with E-state index >= 15 is 0 Å². The fraction of sp³-hybridized carbons (Fsp3) is 0.600. The van der Waals surface area contributed by atoms with Gasteiger partial charge in [0.05, 0.1) is 15.6 Å². The van der Waals surface area contributed by atoms with Gasteiger partial charge in [0.1, 0.15) is 0 Å². The van der Waals surface area contributed by atoms with Gasteiger partial charge in [-0.15, -0.1) is 0 Å². The standard InChI is InChI=1S/C15H19Cl2NO/c16-12-6-3-4-10(13(12)17)14-11-5-1-2-7-15(11,19)8-9-18-14/h3-4,6,11,14,18-19H,1-2,5,7-9H2/t11-,14+,15+/m1/s1. The van der Waals surface area contributed by atoms with E-state index in [1.54, 1.807) is 0 Å². The number of benzene rings is 1. The number of hydrogen-bond acceptors (Lipinski definition) is 2. The van der Waals surface area contributed by atoms with Crippen molar-refractivity contribution in [1.82, 2.24) is 5.32 Å². The summed E-state index contributed by atoms with van der Waals surface area (Å²) < 4.78 is 0. The zero-order valence-corrected chi connectivity index (χ0v) is 12.3. The molecule has 2 N–H and O–H groups in total. The van der Waals surface area contributed by atoms with Crippen LogP contribution in [0.15, 0.2) is 18.2 Å². The zero-order valence-electron chi connectivity index (χ0n) is 10.8. The molecule has 2 fully saturated rings. The molecule has 0 amide bonds. The SMILES string of the molecule is O[C@]12CCCC[C@@H]1[C@H](c1cccc(Cl)c1Cl)NCC2. The van der Waals surface area contributed by atoms with Crippen LogP contribution in [0.4, 0.5) is 0 Å². The molecule has 3 rings (SSSR count). The Labute approximate surface area is 124 Å². The lowest BCUT2D eigenvalue weighted by Gasteiger charge is -2.48. The van der Waals surface area contributed by atoms with Crippen LogP contribution in [0.25, 0.3) is 0 Å². The normalized spacial score (nSPS) is 34.9. The number of fused-ring (bicyclic) bond motifs is 1. The predicted molar refractivity (Wildman–Crippen MR) is 78.7 cm³/mol. The number of nitrogens with one attached hydrogen (secondary N) is 1. The van der Waals surface area contributed by atoms with E-state index in [0.717, 1.165) is 37.8 Å². The molecule has 4 heteroatoms. The third-order valence-corrected chi connectivity index (χ3v) is 5.54. The van der Waals surface area contributed by atoms with E-state index < -0.39 is 5.60 Å². The Morgan fingerprint density at radius 3 is 2.89 bits per heavy atom. The van der Waals surface area contributed by atoms with Gasteiger partial charge in [-0.25, -0.2) is 0 Å². The number of piperidine rings is 1. The topological polar surface area (TPSA) is 32.3 Å². The summed E-state index contributed by atoms with van der Waals surface area (Å²) in [6.45, 7) is 0.834. The second kappa shape index (κ2) is 5.25. The van der Waals surface area contributed by atoms with Gasteiger partial charge in [0.15, 0.2) is 0 Å². The third-order valence-electron chi connectivity index (χ3n) is 4.71. The van der Waals surface area contributed by atoms with E-state index in [4.69, 9.17) is 23.2 Å². The molecule has 1 aromatic carbocycles. The van der Waals surface area contributed by atoms with Crippen LogP contribution in [0.1, 0.15) is 43.7 Å². The van der Waals surface area contributed by atoms with Crippen molar-refractivity contribution in [3.63, 3.8) is 0 Å². The molecule has 1 saturated heterocycles. The molecule has 1 heterocycles. The predicted octanol–water partition coefficient (Wildman–Crippen LogP) is 3.95. The van der Waals surface area contributed by atoms with Crippen LogP contribution >= 0.6 is 23.2 Å². The van der Waals surface area contributed by atoms with Crippen molar-refractivity contribution in [3.8, 4) is 0 Å². The average molecular weight is 300 g/mol. The monoisotopic (exact) mass is 299 g/mol. The van der Waals surface area contributed by atoms with Crippen molar-refractivity contribution < 1.29 is 5.11 Å². The molecular weight excluding hydrogens is 281 g/mol. The highest BCUT2D eigenvalue weighted by molar-refractivity contribution is 6.42. The van der Waals surface area contributed by atoms with Crippen molar-refractivity contribution >= 4 is 23.2 Å². The molecule has 104 valence electrons. The van der Waals surface area contributed by atoms with Crippen molar-refractivity contribution in [2.75, 3.05) is 6.54 Å². The molecule has 1 aromatic rings. The number of rotatable bonds is 1. The molecule has 1 saturated carbocycles. The molecule has 19 heavy (non-hydrogen) atoms. The maximum atomic E-state index is 10.9. The summed E-state index contributed by atoms with van der Waals surface area (Å²) in [7, 11) is 0. The summed E-state index contributed by atoms with van der Waals surface area (Å²) in [5, 5.41) is 15.6. The molecule has 1 aliphatic carbocycles. The van der Waals surface area contributed by atoms with Crippen molar-refractivity contribution in [1.29, 1.82) is 0 Å². The molecular formula is C15H19Cl2NO. The molecule has 2 nitrogen and oxygen atoms in total. The Morgan fingerprint density at radius 2 is 2.05 bits per heavy atom. The zero-order chi connectivity index (χ0) is 13.5. The first-order chi connectivity index (χ1) is 9.12. The first kappa shape index (κ1) is 13.7. The van der Waals surface area contributed by atoms with Gasteiger partial charge in [0.25, 0.3) is 0 Å². The summed E-state index contributed by atoms with van der Waals surface area (Å²) in [6, 6.07) is 5.88. The smallest absolute Gasteiger partial charge is 0.0706 e. The van der Waals surface area contributed by atoms with Crippen LogP contribution in [-0.4, -0.2) is 17.3 Å². The van der Waals surface area contributed by atoms with Crippen LogP contribution < -0.4 is 5.32 Å².